The van der Waals surface area contributed by atoms with Crippen molar-refractivity contribution in [2.24, 2.45) is 0 Å². The van der Waals surface area contributed by atoms with Gasteiger partial charge in [0.2, 0.25) is 5.82 Å². The summed E-state index contributed by atoms with van der Waals surface area (Å²) >= 11 is 6.00. The van der Waals surface area contributed by atoms with E-state index in [0.717, 1.165) is 17.8 Å². The van der Waals surface area contributed by atoms with E-state index in [9.17, 15) is 13.2 Å². The highest BCUT2D eigenvalue weighted by molar-refractivity contribution is 6.33. The molecule has 3 aromatic heterocycles. The lowest BCUT2D eigenvalue weighted by molar-refractivity contribution is -0.137. The number of hydrogen-bond donors (Lipinski definition) is 1. The summed E-state index contributed by atoms with van der Waals surface area (Å²) in [6.07, 6.45) is -3.49. The fourth-order valence-corrected chi connectivity index (χ4v) is 3.85. The maximum absolute atomic E-state index is 13.1. The van der Waals surface area contributed by atoms with Gasteiger partial charge in [-0.1, -0.05) is 23.3 Å². The Kier molecular flexibility index (Phi) is 4.89. The summed E-state index contributed by atoms with van der Waals surface area (Å²) in [6.45, 7) is 5.83. The van der Waals surface area contributed by atoms with Crippen LogP contribution < -0.4 is 10.1 Å². The van der Waals surface area contributed by atoms with Gasteiger partial charge < -0.3 is 19.0 Å². The zero-order valence-corrected chi connectivity index (χ0v) is 18.5. The van der Waals surface area contributed by atoms with Crippen LogP contribution in [0.2, 0.25) is 5.02 Å². The lowest BCUT2D eigenvalue weighted by Crippen LogP contribution is -2.27. The zero-order valence-electron chi connectivity index (χ0n) is 19.8. The third-order valence-corrected chi connectivity index (χ3v) is 5.57. The molecule has 1 aliphatic rings. The maximum atomic E-state index is 13.1. The molecule has 0 spiro atoms. The predicted molar refractivity (Wildman–Crippen MR) is 119 cm³/mol. The molecule has 34 heavy (non-hydrogen) atoms. The normalized spacial score (nSPS) is 18.6. The van der Waals surface area contributed by atoms with Crippen LogP contribution in [0.25, 0.3) is 28.6 Å². The molecule has 1 N–H and O–H groups in total. The van der Waals surface area contributed by atoms with Gasteiger partial charge in [-0.15, -0.1) is 0 Å². The van der Waals surface area contributed by atoms with E-state index in [-0.39, 0.29) is 47.1 Å². The molecule has 0 aliphatic carbocycles. The van der Waals surface area contributed by atoms with E-state index >= 15 is 0 Å². The zero-order chi connectivity index (χ0) is 25.8. The number of benzene rings is 1. The van der Waals surface area contributed by atoms with Crippen LogP contribution in [0.4, 0.5) is 13.2 Å². The summed E-state index contributed by atoms with van der Waals surface area (Å²) in [5, 5.41) is 6.77. The highest BCUT2D eigenvalue weighted by atomic mass is 35.5. The van der Waals surface area contributed by atoms with Gasteiger partial charge in [0, 0.05) is 26.4 Å². The summed E-state index contributed by atoms with van der Waals surface area (Å²) in [5.41, 5.74) is 1.20. The average Bonchev–Trinajstić information content (AvgIpc) is 3.50. The molecule has 0 amide bonds. The van der Waals surface area contributed by atoms with Crippen molar-refractivity contribution < 1.29 is 25.2 Å². The fourth-order valence-electron chi connectivity index (χ4n) is 3.59. The molecule has 0 unspecified atom stereocenters. The van der Waals surface area contributed by atoms with Crippen molar-refractivity contribution >= 4 is 17.2 Å². The molecular weight excluding hydrogens is 471 g/mol. The van der Waals surface area contributed by atoms with E-state index in [4.69, 9.17) is 23.6 Å². The van der Waals surface area contributed by atoms with Gasteiger partial charge in [-0.05, 0) is 49.5 Å². The van der Waals surface area contributed by atoms with Crippen molar-refractivity contribution in [2.75, 3.05) is 6.61 Å². The average molecular weight is 492 g/mol. The van der Waals surface area contributed by atoms with Crippen LogP contribution in [-0.4, -0.2) is 32.2 Å². The van der Waals surface area contributed by atoms with Crippen LogP contribution in [0, 0.1) is 6.92 Å². The van der Waals surface area contributed by atoms with E-state index in [1.165, 1.54) is 10.6 Å². The minimum Gasteiger partial charge on any atom is -0.491 e. The molecule has 1 aromatic carbocycles. The smallest absolute Gasteiger partial charge is 0.417 e. The number of alkyl halides is 3. The summed E-state index contributed by atoms with van der Waals surface area (Å²) in [7, 11) is 0. The van der Waals surface area contributed by atoms with E-state index in [1.807, 2.05) is 6.92 Å². The lowest BCUT2D eigenvalue weighted by atomic mass is 10.1. The Bertz CT molecular complexity index is 1480. The van der Waals surface area contributed by atoms with Crippen LogP contribution >= 0.6 is 11.6 Å². The summed E-state index contributed by atoms with van der Waals surface area (Å²) in [4.78, 5) is 8.57. The highest BCUT2D eigenvalue weighted by Gasteiger charge is 2.32. The summed E-state index contributed by atoms with van der Waals surface area (Å²) < 4.78 is 67.4. The number of imidazole rings is 1. The molecule has 1 atom stereocenters. The molecule has 176 valence electrons. The number of pyridine rings is 1. The van der Waals surface area contributed by atoms with E-state index in [1.54, 1.807) is 18.2 Å². The Balaban J connectivity index is 1.34. The standard InChI is InChI=1S/C23H19ClF3N5O2/c1-12-7-14(4-6-19(12)33-11-16-5-3-13(2)28-16)22-30-20(31-34-22)18-10-32-9-15(23(25,26)27)8-17(24)21(32)29-18/h4,6-10,16,28H,2-3,5,11H2,1H3/t16-/m1/s1/i3D2. The first-order chi connectivity index (χ1) is 16.9. The number of allylic oxidation sites excluding steroid dienone is 1. The number of nitrogens with one attached hydrogen (secondary N) is 1. The molecule has 0 radical (unpaired) electrons. The molecule has 4 heterocycles. The van der Waals surface area contributed by atoms with Crippen molar-refractivity contribution in [2.45, 2.75) is 31.9 Å². The number of aromatic nitrogens is 4. The molecule has 0 bridgehead atoms. The van der Waals surface area contributed by atoms with Crippen LogP contribution in [0.3, 0.4) is 0 Å². The molecular formula is C23H19ClF3N5O2. The highest BCUT2D eigenvalue weighted by Crippen LogP contribution is 2.33. The van der Waals surface area contributed by atoms with Gasteiger partial charge in [0.25, 0.3) is 5.89 Å². The van der Waals surface area contributed by atoms with Gasteiger partial charge in [-0.3, -0.25) is 0 Å². The number of hydrogen-bond acceptors (Lipinski definition) is 6. The third kappa shape index (κ3) is 4.33. The second-order valence-electron chi connectivity index (χ2n) is 7.85. The third-order valence-electron chi connectivity index (χ3n) is 5.29. The van der Waals surface area contributed by atoms with Crippen LogP contribution in [0.5, 0.6) is 5.75 Å². The van der Waals surface area contributed by atoms with Gasteiger partial charge >= 0.3 is 6.18 Å². The minimum atomic E-state index is -4.55. The van der Waals surface area contributed by atoms with Crippen molar-refractivity contribution in [1.29, 1.82) is 0 Å². The van der Waals surface area contributed by atoms with Gasteiger partial charge in [-0.2, -0.15) is 18.2 Å². The number of nitrogens with zero attached hydrogens (tertiary/aromatic N) is 4. The second-order valence-corrected chi connectivity index (χ2v) is 8.25. The lowest BCUT2D eigenvalue weighted by Gasteiger charge is -2.14. The van der Waals surface area contributed by atoms with Crippen LogP contribution in [0.1, 0.15) is 26.7 Å². The van der Waals surface area contributed by atoms with Gasteiger partial charge in [0.1, 0.15) is 18.1 Å². The molecule has 1 saturated heterocycles. The fraction of sp³-hybridized carbons (Fsp3) is 0.261. The van der Waals surface area contributed by atoms with Crippen molar-refractivity contribution in [3.8, 4) is 28.7 Å². The first-order valence-corrected chi connectivity index (χ1v) is 10.6. The molecule has 4 aromatic rings. The summed E-state index contributed by atoms with van der Waals surface area (Å²) in [5.74, 6) is 0.910. The van der Waals surface area contributed by atoms with E-state index in [2.05, 4.69) is 27.0 Å². The van der Waals surface area contributed by atoms with Crippen LogP contribution in [0.15, 0.2) is 53.5 Å². The van der Waals surface area contributed by atoms with E-state index < -0.39 is 18.1 Å². The number of ether oxygens (including phenoxy) is 1. The quantitative estimate of drug-likeness (QED) is 0.387. The summed E-state index contributed by atoms with van der Waals surface area (Å²) in [6, 6.07) is 5.91. The number of aryl methyl sites for hydroxylation is 1. The topological polar surface area (TPSA) is 77.5 Å². The Labute approximate surface area is 200 Å². The molecule has 1 aliphatic heterocycles. The predicted octanol–water partition coefficient (Wildman–Crippen LogP) is 5.68. The molecule has 0 saturated carbocycles. The first-order valence-electron chi connectivity index (χ1n) is 11.2. The molecule has 11 heteroatoms. The number of rotatable bonds is 5. The molecule has 7 nitrogen and oxygen atoms in total. The van der Waals surface area contributed by atoms with Gasteiger partial charge in [0.15, 0.2) is 5.65 Å². The van der Waals surface area contributed by atoms with Gasteiger partial charge in [0.05, 0.1) is 16.6 Å². The Morgan fingerprint density at radius 1 is 1.32 bits per heavy atom. The van der Waals surface area contributed by atoms with Crippen molar-refractivity contribution in [3.05, 3.63) is 65.1 Å². The maximum Gasteiger partial charge on any atom is 0.417 e. The monoisotopic (exact) mass is 491 g/mol. The molecule has 5 rings (SSSR count). The van der Waals surface area contributed by atoms with Crippen molar-refractivity contribution in [1.82, 2.24) is 24.8 Å². The van der Waals surface area contributed by atoms with E-state index in [0.29, 0.717) is 17.0 Å². The minimum absolute atomic E-state index is 0.0955. The van der Waals surface area contributed by atoms with Crippen molar-refractivity contribution in [3.63, 3.8) is 0 Å². The SMILES string of the molecule is [2H]C1([2H])C[C@H](COc2ccc(-c3nc(-c4cn5cc(C(F)(F)F)cc(Cl)c5n4)no3)cc2C)NC1=C. The first kappa shape index (κ1) is 19.9. The van der Waals surface area contributed by atoms with Gasteiger partial charge in [-0.25, -0.2) is 4.98 Å². The van der Waals surface area contributed by atoms with Crippen LogP contribution in [-0.2, 0) is 6.18 Å². The number of halogens is 4. The Morgan fingerprint density at radius 2 is 2.15 bits per heavy atom. The Morgan fingerprint density at radius 3 is 2.85 bits per heavy atom. The largest absolute Gasteiger partial charge is 0.491 e. The Hall–Kier alpha value is -3.53. The molecule has 1 fully saturated rings. The second kappa shape index (κ2) is 8.35. The number of fused-ring (bicyclic) bond motifs is 1.